The second kappa shape index (κ2) is 9.01. The monoisotopic (exact) mass is 458 g/mol. The van der Waals surface area contributed by atoms with Gasteiger partial charge in [-0.3, -0.25) is 30.3 Å². The van der Waals surface area contributed by atoms with Crippen molar-refractivity contribution in [3.05, 3.63) is 101 Å². The van der Waals surface area contributed by atoms with Crippen molar-refractivity contribution in [2.75, 3.05) is 0 Å². The minimum atomic E-state index is -0.777. The van der Waals surface area contributed by atoms with Gasteiger partial charge in [0.2, 0.25) is 11.0 Å². The molecule has 0 spiro atoms. The number of nitro groups is 3. The van der Waals surface area contributed by atoms with Gasteiger partial charge in [0.05, 0.1) is 20.8 Å². The van der Waals surface area contributed by atoms with Crippen LogP contribution in [0.2, 0.25) is 5.02 Å². The summed E-state index contributed by atoms with van der Waals surface area (Å²) in [7, 11) is 0. The van der Waals surface area contributed by atoms with Crippen molar-refractivity contribution in [3.8, 4) is 11.1 Å². The fraction of sp³-hybridized carbons (Fsp3) is 0. The second-order valence-corrected chi connectivity index (χ2v) is 6.58. The largest absolute Gasteiger partial charge is 0.692 e. The first-order valence-corrected chi connectivity index (χ1v) is 8.96. The maximum atomic E-state index is 10.9. The van der Waals surface area contributed by atoms with Crippen LogP contribution >= 0.6 is 11.6 Å². The number of hydrogen-bond acceptors (Lipinski definition) is 8. The van der Waals surface area contributed by atoms with Crippen molar-refractivity contribution in [2.45, 2.75) is 0 Å². The van der Waals surface area contributed by atoms with Crippen LogP contribution in [0.25, 0.3) is 22.2 Å². The second-order valence-electron chi connectivity index (χ2n) is 6.17. The smallest absolute Gasteiger partial charge is 0.288 e. The zero-order chi connectivity index (χ0) is 23.4. The van der Waals surface area contributed by atoms with Crippen LogP contribution in [0.5, 0.6) is 0 Å². The van der Waals surface area contributed by atoms with Gasteiger partial charge in [-0.25, -0.2) is 0 Å². The van der Waals surface area contributed by atoms with Crippen molar-refractivity contribution in [3.63, 3.8) is 0 Å². The minimum absolute atomic E-state index is 0.103. The lowest BCUT2D eigenvalue weighted by Crippen LogP contribution is -2.27. The first-order chi connectivity index (χ1) is 15.2. The highest BCUT2D eigenvalue weighted by Gasteiger charge is 2.19. The van der Waals surface area contributed by atoms with E-state index >= 15 is 0 Å². The molecule has 0 atom stereocenters. The Morgan fingerprint density at radius 3 is 2.00 bits per heavy atom. The lowest BCUT2D eigenvalue weighted by atomic mass is 10.0. The first-order valence-electron chi connectivity index (χ1n) is 8.58. The molecule has 0 aliphatic rings. The van der Waals surface area contributed by atoms with Crippen LogP contribution in [0.4, 0.5) is 17.1 Å². The highest BCUT2D eigenvalue weighted by molar-refractivity contribution is 6.32. The molecule has 0 unspecified atom stereocenters. The van der Waals surface area contributed by atoms with Crippen molar-refractivity contribution >= 4 is 39.7 Å². The fourth-order valence-corrected chi connectivity index (χ4v) is 2.87. The number of fused-ring (bicyclic) bond motifs is 1. The van der Waals surface area contributed by atoms with Gasteiger partial charge in [-0.15, -0.1) is 0 Å². The van der Waals surface area contributed by atoms with Gasteiger partial charge in [0.15, 0.2) is 0 Å². The van der Waals surface area contributed by atoms with Gasteiger partial charge < -0.3 is 5.21 Å². The third-order valence-corrected chi connectivity index (χ3v) is 4.48. The molecule has 0 aliphatic carbocycles. The first kappa shape index (κ1) is 22.0. The molecule has 0 saturated carbocycles. The molecule has 0 bridgehead atoms. The minimum Gasteiger partial charge on any atom is -0.692 e. The van der Waals surface area contributed by atoms with Crippen LogP contribution in [0, 0.1) is 35.6 Å². The van der Waals surface area contributed by atoms with E-state index in [-0.39, 0.29) is 16.1 Å². The van der Waals surface area contributed by atoms with Crippen LogP contribution in [0.3, 0.4) is 0 Å². The van der Waals surface area contributed by atoms with Gasteiger partial charge in [-0.2, -0.15) is 4.85 Å². The average Bonchev–Trinajstić information content (AvgIpc) is 3.15. The Morgan fingerprint density at radius 1 is 0.812 bits per heavy atom. The standard InChI is InChI=1S/C12H6ClN3O6.C6H5N3O/c13-11-2-1-7(5-12(11)16(21)22)8-3-9(14(17)18)6-10(4-8)15(19)20;10-9-6-4-2-1-3-5(6)7-8-9/h1-6H;1-4,8H. The van der Waals surface area contributed by atoms with Crippen molar-refractivity contribution in [2.24, 2.45) is 0 Å². The lowest BCUT2D eigenvalue weighted by Gasteiger charge is -2.03. The predicted octanol–water partition coefficient (Wildman–Crippen LogP) is 3.93. The number of nitrogens with one attached hydrogen (secondary N) is 1. The van der Waals surface area contributed by atoms with Crippen LogP contribution in [-0.2, 0) is 0 Å². The van der Waals surface area contributed by atoms with E-state index in [1.54, 1.807) is 18.2 Å². The number of aromatic nitrogens is 3. The summed E-state index contributed by atoms with van der Waals surface area (Å²) in [4.78, 5) is 30.9. The van der Waals surface area contributed by atoms with Gasteiger partial charge in [0, 0.05) is 23.3 Å². The highest BCUT2D eigenvalue weighted by atomic mass is 35.5. The van der Waals surface area contributed by atoms with Crippen LogP contribution in [0.1, 0.15) is 0 Å². The van der Waals surface area contributed by atoms with Gasteiger partial charge in [-0.1, -0.05) is 35.0 Å². The summed E-state index contributed by atoms with van der Waals surface area (Å²) in [6.45, 7) is 0. The Bertz CT molecular complexity index is 1320. The number of halogens is 1. The summed E-state index contributed by atoms with van der Waals surface area (Å²) < 4.78 is 0. The van der Waals surface area contributed by atoms with E-state index in [9.17, 15) is 35.6 Å². The van der Waals surface area contributed by atoms with E-state index in [1.807, 2.05) is 6.07 Å². The van der Waals surface area contributed by atoms with Crippen LogP contribution < -0.4 is 4.85 Å². The Kier molecular flexibility index (Phi) is 6.21. The third kappa shape index (κ3) is 4.73. The summed E-state index contributed by atoms with van der Waals surface area (Å²) in [5.74, 6) is 0. The predicted molar refractivity (Wildman–Crippen MR) is 112 cm³/mol. The molecule has 0 radical (unpaired) electrons. The Labute approximate surface area is 182 Å². The quantitative estimate of drug-likeness (QED) is 0.206. The molecule has 13 nitrogen and oxygen atoms in total. The molecule has 0 aliphatic heterocycles. The summed E-state index contributed by atoms with van der Waals surface area (Å²) in [6, 6.07) is 13.9. The molecule has 4 rings (SSSR count). The summed E-state index contributed by atoms with van der Waals surface area (Å²) in [5, 5.41) is 49.3. The van der Waals surface area contributed by atoms with Crippen LogP contribution in [0.15, 0.2) is 60.7 Å². The number of H-pyrrole nitrogens is 1. The van der Waals surface area contributed by atoms with Crippen molar-refractivity contribution < 1.29 is 19.6 Å². The topological polar surface area (TPSA) is 185 Å². The number of benzene rings is 3. The Morgan fingerprint density at radius 2 is 1.44 bits per heavy atom. The van der Waals surface area contributed by atoms with Crippen molar-refractivity contribution in [1.82, 2.24) is 10.3 Å². The lowest BCUT2D eigenvalue weighted by molar-refractivity contribution is -0.644. The number of nitrogens with zero attached hydrogens (tertiary/aromatic N) is 5. The van der Waals surface area contributed by atoms with Crippen molar-refractivity contribution in [1.29, 1.82) is 0 Å². The number of rotatable bonds is 4. The highest BCUT2D eigenvalue weighted by Crippen LogP contribution is 2.34. The van der Waals surface area contributed by atoms with Gasteiger partial charge in [-0.05, 0) is 29.3 Å². The number of aromatic amines is 1. The summed E-state index contributed by atoms with van der Waals surface area (Å²) in [6.07, 6.45) is 0. The Balaban J connectivity index is 0.000000238. The molecule has 4 aromatic rings. The van der Waals surface area contributed by atoms with Crippen LogP contribution in [-0.4, -0.2) is 25.1 Å². The van der Waals surface area contributed by atoms with E-state index in [4.69, 9.17) is 11.6 Å². The summed E-state index contributed by atoms with van der Waals surface area (Å²) >= 11 is 5.68. The van der Waals surface area contributed by atoms with Gasteiger partial charge >= 0.3 is 0 Å². The molecule has 1 aromatic heterocycles. The Hall–Kier alpha value is -4.65. The molecule has 0 saturated heterocycles. The molecule has 3 aromatic carbocycles. The molecular formula is C18H11ClN6O7. The van der Waals surface area contributed by atoms with E-state index in [2.05, 4.69) is 10.3 Å². The zero-order valence-electron chi connectivity index (χ0n) is 15.7. The van der Waals surface area contributed by atoms with Gasteiger partial charge in [0.1, 0.15) is 5.02 Å². The SMILES string of the molecule is O=[N+]([O-])c1cc(-c2ccc(Cl)c([N+](=O)[O-])c2)cc([N+](=O)[O-])c1.[O-][n+]1[nH]nc2ccccc21. The molecule has 0 fully saturated rings. The molecule has 162 valence electrons. The third-order valence-electron chi connectivity index (χ3n) is 4.16. The average molecular weight is 459 g/mol. The number of nitro benzene ring substituents is 3. The molecule has 0 amide bonds. The van der Waals surface area contributed by atoms with E-state index in [0.717, 1.165) is 24.3 Å². The number of para-hydroxylation sites is 2. The molecular weight excluding hydrogens is 448 g/mol. The molecule has 14 heteroatoms. The summed E-state index contributed by atoms with van der Waals surface area (Å²) in [5.41, 5.74) is 0.223. The maximum absolute atomic E-state index is 10.9. The fourth-order valence-electron chi connectivity index (χ4n) is 2.69. The molecule has 1 heterocycles. The van der Waals surface area contributed by atoms with E-state index < -0.39 is 31.8 Å². The van der Waals surface area contributed by atoms with Gasteiger partial charge in [0.25, 0.3) is 17.1 Å². The molecule has 1 N–H and O–H groups in total. The molecule has 32 heavy (non-hydrogen) atoms. The number of hydrogen-bond donors (Lipinski definition) is 1. The van der Waals surface area contributed by atoms with E-state index in [0.29, 0.717) is 15.9 Å². The van der Waals surface area contributed by atoms with E-state index in [1.165, 1.54) is 12.1 Å². The normalized spacial score (nSPS) is 10.3. The number of non-ortho nitro benzene ring substituents is 2. The zero-order valence-corrected chi connectivity index (χ0v) is 16.5. The maximum Gasteiger partial charge on any atom is 0.288 e.